The van der Waals surface area contributed by atoms with Gasteiger partial charge in [0.05, 0.1) is 31.5 Å². The molecule has 0 fully saturated rings. The van der Waals surface area contributed by atoms with Gasteiger partial charge in [-0.15, -0.1) is 0 Å². The Kier molecular flexibility index (Phi) is 8.42. The number of ether oxygens (including phenoxy) is 1. The third-order valence-corrected chi connectivity index (χ3v) is 6.59. The molecule has 2 aromatic carbocycles. The molecular weight excluding hydrogens is 488 g/mol. The highest BCUT2D eigenvalue weighted by Gasteiger charge is 2.41. The van der Waals surface area contributed by atoms with Gasteiger partial charge in [-0.3, -0.25) is 9.29 Å². The number of benzene rings is 2. The van der Waals surface area contributed by atoms with Crippen LogP contribution >= 0.6 is 0 Å². The molecule has 0 aliphatic carbocycles. The molecule has 0 spiro atoms. The summed E-state index contributed by atoms with van der Waals surface area (Å²) in [5.41, 5.74) is 6.80. The molecular formula is C27H34F4N4O2. The van der Waals surface area contributed by atoms with Gasteiger partial charge in [0, 0.05) is 47.3 Å². The van der Waals surface area contributed by atoms with E-state index in [4.69, 9.17) is 10.5 Å². The molecule has 0 saturated carbocycles. The molecule has 0 saturated heterocycles. The number of hydrogen-bond donors (Lipinski definition) is 4. The van der Waals surface area contributed by atoms with Crippen molar-refractivity contribution in [3.8, 4) is 5.75 Å². The first-order valence-electron chi connectivity index (χ1n) is 12.4. The van der Waals surface area contributed by atoms with Crippen molar-refractivity contribution in [3.63, 3.8) is 0 Å². The summed E-state index contributed by atoms with van der Waals surface area (Å²) >= 11 is 0. The van der Waals surface area contributed by atoms with Gasteiger partial charge in [0.1, 0.15) is 29.7 Å². The lowest BCUT2D eigenvalue weighted by atomic mass is 9.89. The SMILES string of the molecule is CC(C)(F)CN1[C@H](c2c(F)cc(OCC(CO)NCCCF)cc2F)c2[nH]c3ccccc3c2C[C@H]1N. The number of aliphatic hydroxyl groups is 1. The van der Waals surface area contributed by atoms with Crippen molar-refractivity contribution >= 4 is 10.9 Å². The van der Waals surface area contributed by atoms with Crippen LogP contribution in [0.15, 0.2) is 36.4 Å². The Morgan fingerprint density at radius 1 is 1.24 bits per heavy atom. The number of fused-ring (bicyclic) bond motifs is 3. The van der Waals surface area contributed by atoms with E-state index in [0.717, 1.165) is 28.6 Å². The number of rotatable bonds is 11. The number of para-hydroxylation sites is 1. The molecule has 1 unspecified atom stereocenters. The number of nitrogens with two attached hydrogens (primary N) is 1. The average Bonchev–Trinajstić information content (AvgIpc) is 3.20. The number of aromatic nitrogens is 1. The minimum Gasteiger partial charge on any atom is -0.492 e. The second kappa shape index (κ2) is 11.4. The van der Waals surface area contributed by atoms with Crippen LogP contribution < -0.4 is 15.8 Å². The van der Waals surface area contributed by atoms with Crippen molar-refractivity contribution in [2.24, 2.45) is 5.73 Å². The maximum absolute atomic E-state index is 15.6. The largest absolute Gasteiger partial charge is 0.492 e. The molecule has 1 aromatic heterocycles. The molecule has 5 N–H and O–H groups in total. The number of alkyl halides is 2. The number of hydrogen-bond acceptors (Lipinski definition) is 5. The minimum absolute atomic E-state index is 0.0566. The van der Waals surface area contributed by atoms with E-state index in [1.165, 1.54) is 13.8 Å². The molecule has 1 aliphatic rings. The topological polar surface area (TPSA) is 86.5 Å². The van der Waals surface area contributed by atoms with Gasteiger partial charge < -0.3 is 25.9 Å². The number of aromatic amines is 1. The second-order valence-corrected chi connectivity index (χ2v) is 10.1. The zero-order valence-electron chi connectivity index (χ0n) is 21.0. The summed E-state index contributed by atoms with van der Waals surface area (Å²) in [4.78, 5) is 4.89. The van der Waals surface area contributed by atoms with Crippen LogP contribution in [0.25, 0.3) is 10.9 Å². The lowest BCUT2D eigenvalue weighted by Gasteiger charge is -2.42. The summed E-state index contributed by atoms with van der Waals surface area (Å²) in [6.07, 6.45) is 0.0102. The zero-order chi connectivity index (χ0) is 26.7. The predicted octanol–water partition coefficient (Wildman–Crippen LogP) is 4.12. The van der Waals surface area contributed by atoms with E-state index in [9.17, 15) is 13.9 Å². The molecule has 2 heterocycles. The van der Waals surface area contributed by atoms with Gasteiger partial charge in [0.25, 0.3) is 0 Å². The Balaban J connectivity index is 1.70. The van der Waals surface area contributed by atoms with E-state index >= 15 is 8.78 Å². The van der Waals surface area contributed by atoms with Crippen molar-refractivity contribution in [1.82, 2.24) is 15.2 Å². The van der Waals surface area contributed by atoms with Crippen molar-refractivity contribution < 1.29 is 27.4 Å². The first-order chi connectivity index (χ1) is 17.6. The summed E-state index contributed by atoms with van der Waals surface area (Å²) in [6, 6.07) is 8.20. The predicted molar refractivity (Wildman–Crippen MR) is 135 cm³/mol. The summed E-state index contributed by atoms with van der Waals surface area (Å²) in [7, 11) is 0. The summed E-state index contributed by atoms with van der Waals surface area (Å²) in [5.74, 6) is -1.77. The van der Waals surface area contributed by atoms with Gasteiger partial charge >= 0.3 is 0 Å². The minimum atomic E-state index is -1.66. The Bertz CT molecular complexity index is 1190. The molecule has 6 nitrogen and oxygen atoms in total. The molecule has 37 heavy (non-hydrogen) atoms. The van der Waals surface area contributed by atoms with Crippen LogP contribution in [0.1, 0.15) is 43.1 Å². The smallest absolute Gasteiger partial charge is 0.135 e. The van der Waals surface area contributed by atoms with E-state index in [1.54, 1.807) is 4.90 Å². The van der Waals surface area contributed by atoms with Gasteiger partial charge in [-0.1, -0.05) is 18.2 Å². The van der Waals surface area contributed by atoms with Crippen LogP contribution in [0.5, 0.6) is 5.75 Å². The average molecular weight is 523 g/mol. The van der Waals surface area contributed by atoms with Gasteiger partial charge in [0.15, 0.2) is 0 Å². The maximum Gasteiger partial charge on any atom is 0.135 e. The van der Waals surface area contributed by atoms with Crippen LogP contribution in [0.4, 0.5) is 17.6 Å². The first-order valence-corrected chi connectivity index (χ1v) is 12.4. The zero-order valence-corrected chi connectivity index (χ0v) is 21.0. The molecule has 202 valence electrons. The normalized spacial score (nSPS) is 19.2. The van der Waals surface area contributed by atoms with Crippen molar-refractivity contribution in [2.45, 2.75) is 50.6 Å². The molecule has 0 radical (unpaired) electrons. The van der Waals surface area contributed by atoms with E-state index < -0.39 is 42.2 Å². The molecule has 0 bridgehead atoms. The van der Waals surface area contributed by atoms with Crippen molar-refractivity contribution in [3.05, 3.63) is 64.9 Å². The van der Waals surface area contributed by atoms with Gasteiger partial charge in [-0.2, -0.15) is 0 Å². The molecule has 1 aliphatic heterocycles. The van der Waals surface area contributed by atoms with Gasteiger partial charge in [0.2, 0.25) is 0 Å². The van der Waals surface area contributed by atoms with Crippen LogP contribution in [0, 0.1) is 11.6 Å². The fourth-order valence-corrected chi connectivity index (χ4v) is 4.96. The monoisotopic (exact) mass is 522 g/mol. The molecule has 3 aromatic rings. The highest BCUT2D eigenvalue weighted by atomic mass is 19.1. The highest BCUT2D eigenvalue weighted by Crippen LogP contribution is 2.43. The summed E-state index contributed by atoms with van der Waals surface area (Å²) in [6.45, 7) is 2.16. The Labute approximate surface area is 213 Å². The van der Waals surface area contributed by atoms with Crippen LogP contribution in [0.2, 0.25) is 0 Å². The molecule has 3 atom stereocenters. The van der Waals surface area contributed by atoms with Crippen LogP contribution in [0.3, 0.4) is 0 Å². The standard InChI is InChI=1S/C27H34F4N4O2/c1-27(2,31)15-35-23(32)12-19-18-6-3-4-7-22(18)34-25(19)26(35)24-20(29)10-17(11-21(24)30)37-14-16(13-36)33-9-5-8-28/h3-4,6-7,10-11,16,23,26,33-34,36H,5,8-9,12-15,32H2,1-2H3/t16?,23-,26+/m0/s1. The number of H-pyrrole nitrogens is 1. The van der Waals surface area contributed by atoms with Crippen molar-refractivity contribution in [1.29, 1.82) is 0 Å². The Hall–Kier alpha value is -2.66. The van der Waals surface area contributed by atoms with Gasteiger partial charge in [-0.05, 0) is 38.4 Å². The number of aliphatic hydroxyl groups excluding tert-OH is 1. The van der Waals surface area contributed by atoms with E-state index in [0.29, 0.717) is 18.7 Å². The molecule has 0 amide bonds. The Morgan fingerprint density at radius 2 is 1.95 bits per heavy atom. The third kappa shape index (κ3) is 6.09. The number of nitrogens with one attached hydrogen (secondary N) is 2. The van der Waals surface area contributed by atoms with E-state index in [2.05, 4.69) is 10.3 Å². The van der Waals surface area contributed by atoms with Gasteiger partial charge in [-0.25, -0.2) is 13.2 Å². The third-order valence-electron chi connectivity index (χ3n) is 6.59. The van der Waals surface area contributed by atoms with Crippen molar-refractivity contribution in [2.75, 3.05) is 33.0 Å². The number of halogens is 4. The first kappa shape index (κ1) is 27.4. The Morgan fingerprint density at radius 3 is 2.59 bits per heavy atom. The van der Waals surface area contributed by atoms with Crippen LogP contribution in [-0.4, -0.2) is 65.8 Å². The van der Waals surface area contributed by atoms with Crippen LogP contribution in [-0.2, 0) is 6.42 Å². The highest BCUT2D eigenvalue weighted by molar-refractivity contribution is 5.85. The lowest BCUT2D eigenvalue weighted by Crippen LogP contribution is -2.53. The molecule has 10 heteroatoms. The lowest BCUT2D eigenvalue weighted by molar-refractivity contribution is 0.0598. The molecule has 4 rings (SSSR count). The fourth-order valence-electron chi connectivity index (χ4n) is 4.96. The van der Waals surface area contributed by atoms with E-state index in [1.807, 2.05) is 24.3 Å². The quantitative estimate of drug-likeness (QED) is 0.225. The maximum atomic E-state index is 15.6. The number of nitrogens with zero attached hydrogens (tertiary/aromatic N) is 1. The van der Waals surface area contributed by atoms with E-state index in [-0.39, 0.29) is 37.5 Å². The second-order valence-electron chi connectivity index (χ2n) is 10.1. The summed E-state index contributed by atoms with van der Waals surface area (Å²) < 4.78 is 64.0. The fraction of sp³-hybridized carbons (Fsp3) is 0.481. The summed E-state index contributed by atoms with van der Waals surface area (Å²) in [5, 5.41) is 13.3.